The van der Waals surface area contributed by atoms with Gasteiger partial charge in [0.05, 0.1) is 23.4 Å². The molecule has 3 N–H and O–H groups in total. The van der Waals surface area contributed by atoms with Crippen molar-refractivity contribution in [3.8, 4) is 0 Å². The molecule has 0 aromatic heterocycles. The second-order valence-electron chi connectivity index (χ2n) is 22.0. The molecule has 0 spiro atoms. The van der Waals surface area contributed by atoms with Crippen LogP contribution in [0, 0.1) is 50.7 Å². The Bertz CT molecular complexity index is 1680. The third-order valence-electron chi connectivity index (χ3n) is 16.4. The summed E-state index contributed by atoms with van der Waals surface area (Å²) in [5.74, 6) is -0.283. The molecule has 314 valence electrons. The topological polar surface area (TPSA) is 151 Å². The summed E-state index contributed by atoms with van der Waals surface area (Å²) < 4.78 is 11.6. The summed E-state index contributed by atoms with van der Waals surface area (Å²) in [7, 11) is 0. The van der Waals surface area contributed by atoms with Crippen molar-refractivity contribution in [2.75, 3.05) is 13.1 Å². The van der Waals surface area contributed by atoms with Crippen LogP contribution in [0.1, 0.15) is 154 Å². The molecule has 6 aliphatic rings. The Balaban J connectivity index is 1.23. The van der Waals surface area contributed by atoms with Gasteiger partial charge >= 0.3 is 24.1 Å². The third kappa shape index (κ3) is 6.96. The maximum absolute atomic E-state index is 14.2. The van der Waals surface area contributed by atoms with Crippen LogP contribution in [0.4, 0.5) is 9.59 Å². The van der Waals surface area contributed by atoms with Gasteiger partial charge < -0.3 is 30.1 Å². The van der Waals surface area contributed by atoms with E-state index in [1.807, 2.05) is 20.8 Å². The molecule has 1 aliphatic heterocycles. The number of likely N-dealkylation sites (tertiary alicyclic amines) is 1. The van der Waals surface area contributed by atoms with E-state index in [9.17, 15) is 29.1 Å². The van der Waals surface area contributed by atoms with Gasteiger partial charge in [-0.2, -0.15) is 0 Å². The molecule has 11 nitrogen and oxygen atoms in total. The highest BCUT2D eigenvalue weighted by molar-refractivity contribution is 6.02. The van der Waals surface area contributed by atoms with Crippen LogP contribution in [-0.4, -0.2) is 76.2 Å². The fraction of sp³-hybridized carbons (Fsp3) is 0.844. The van der Waals surface area contributed by atoms with E-state index in [-0.39, 0.29) is 63.9 Å². The number of ketones is 1. The zero-order chi connectivity index (χ0) is 41.6. The van der Waals surface area contributed by atoms with Gasteiger partial charge in [-0.1, -0.05) is 48.5 Å². The SMILES string of the molecule is CC(C)C1=C2C3CCC4[C@@]5(C)CC[C@H](OC(=O)CC(C)(C)C(=O)O)C(C)(C)C5CC[C@@]4(C)[C@]3(C)CC[C@@]2(NC(=O)N2CC[C@H](NC(=O)OC(C)(C)C)C2)CC1=O. The number of nitrogens with zero attached hydrogens (tertiary/aromatic N) is 1. The van der Waals surface area contributed by atoms with Gasteiger partial charge in [-0.15, -0.1) is 0 Å². The first kappa shape index (κ1) is 42.5. The average Bonchev–Trinajstić information content (AvgIpc) is 3.63. The first-order valence-electron chi connectivity index (χ1n) is 21.5. The monoisotopic (exact) mass is 782 g/mol. The number of carboxylic acids is 1. The summed E-state index contributed by atoms with van der Waals surface area (Å²) in [4.78, 5) is 67.4. The number of alkyl carbamates (subject to hydrolysis) is 1. The number of aliphatic carboxylic acids is 1. The quantitative estimate of drug-likeness (QED) is 0.218. The van der Waals surface area contributed by atoms with Crippen molar-refractivity contribution in [3.05, 3.63) is 11.1 Å². The van der Waals surface area contributed by atoms with Gasteiger partial charge in [-0.25, -0.2) is 9.59 Å². The number of esters is 1. The Morgan fingerprint density at radius 1 is 0.875 bits per heavy atom. The van der Waals surface area contributed by atoms with E-state index in [1.54, 1.807) is 18.7 Å². The maximum Gasteiger partial charge on any atom is 0.407 e. The molecule has 0 aromatic carbocycles. The van der Waals surface area contributed by atoms with Crippen molar-refractivity contribution in [1.82, 2.24) is 15.5 Å². The first-order valence-corrected chi connectivity index (χ1v) is 21.5. The van der Waals surface area contributed by atoms with E-state index in [4.69, 9.17) is 9.47 Å². The number of urea groups is 1. The lowest BCUT2D eigenvalue weighted by molar-refractivity contribution is -0.232. The van der Waals surface area contributed by atoms with Crippen LogP contribution < -0.4 is 10.6 Å². The number of carbonyl (C=O) groups is 5. The molecule has 4 saturated carbocycles. The van der Waals surface area contributed by atoms with E-state index < -0.39 is 34.6 Å². The van der Waals surface area contributed by atoms with E-state index in [0.29, 0.717) is 37.8 Å². The predicted octanol–water partition coefficient (Wildman–Crippen LogP) is 8.44. The zero-order valence-electron chi connectivity index (χ0n) is 36.4. The molecule has 9 atom stereocenters. The van der Waals surface area contributed by atoms with Gasteiger partial charge in [0.15, 0.2) is 5.78 Å². The Kier molecular flexibility index (Phi) is 10.6. The highest BCUT2D eigenvalue weighted by Crippen LogP contribution is 2.76. The fourth-order valence-corrected chi connectivity index (χ4v) is 13.4. The lowest BCUT2D eigenvalue weighted by Gasteiger charge is -2.72. The van der Waals surface area contributed by atoms with Crippen LogP contribution in [0.5, 0.6) is 0 Å². The van der Waals surface area contributed by atoms with Gasteiger partial charge in [-0.3, -0.25) is 14.4 Å². The molecule has 1 heterocycles. The van der Waals surface area contributed by atoms with Gasteiger partial charge in [0.2, 0.25) is 0 Å². The van der Waals surface area contributed by atoms with Crippen molar-refractivity contribution in [2.45, 2.75) is 177 Å². The summed E-state index contributed by atoms with van der Waals surface area (Å²) >= 11 is 0. The average molecular weight is 782 g/mol. The summed E-state index contributed by atoms with van der Waals surface area (Å²) in [6.45, 7) is 25.8. The van der Waals surface area contributed by atoms with Crippen LogP contribution in [-0.2, 0) is 23.9 Å². The number of Topliss-reactive ketones (excluding diaryl/α,β-unsaturated/α-hetero) is 1. The lowest BCUT2D eigenvalue weighted by Crippen LogP contribution is -2.67. The normalized spacial score (nSPS) is 37.9. The Morgan fingerprint density at radius 2 is 1.55 bits per heavy atom. The van der Waals surface area contributed by atoms with Crippen LogP contribution in [0.2, 0.25) is 0 Å². The third-order valence-corrected chi connectivity index (χ3v) is 16.4. The summed E-state index contributed by atoms with van der Waals surface area (Å²) in [5.41, 5.74) is -0.721. The predicted molar refractivity (Wildman–Crippen MR) is 214 cm³/mol. The summed E-state index contributed by atoms with van der Waals surface area (Å²) in [6, 6.07) is -0.367. The standard InChI is InChI=1S/C45H71N3O8/c1-26(2)34-29(49)23-45(47-37(53)48-22-17-27(25-48)46-38(54)56-39(3,4)5)21-20-43(11)28(35(34)45)13-14-31-42(10)18-16-32(55-33(50)24-40(6,7)36(51)52)41(8,9)30(42)15-19-44(31,43)12/h26-28,30-32H,13-25H2,1-12H3,(H,46,54)(H,47,53)(H,51,52)/t27-,28?,30?,31?,32-,42-,43+,44+,45+/m0/s1. The molecule has 11 heteroatoms. The lowest BCUT2D eigenvalue weighted by atomic mass is 9.33. The van der Waals surface area contributed by atoms with Crippen LogP contribution in [0.3, 0.4) is 0 Å². The van der Waals surface area contributed by atoms with Crippen LogP contribution >= 0.6 is 0 Å². The summed E-state index contributed by atoms with van der Waals surface area (Å²) in [6.07, 6.45) is 7.43. The molecule has 0 bridgehead atoms. The van der Waals surface area contributed by atoms with Gasteiger partial charge in [0.1, 0.15) is 11.7 Å². The molecule has 6 rings (SSSR count). The van der Waals surface area contributed by atoms with Gasteiger partial charge in [-0.05, 0) is 143 Å². The molecule has 56 heavy (non-hydrogen) atoms. The molecule has 0 radical (unpaired) electrons. The molecule has 0 aromatic rings. The Morgan fingerprint density at radius 3 is 2.18 bits per heavy atom. The number of hydrogen-bond donors (Lipinski definition) is 3. The Hall–Kier alpha value is -3.11. The van der Waals surface area contributed by atoms with Crippen molar-refractivity contribution in [2.24, 2.45) is 50.7 Å². The molecular weight excluding hydrogens is 711 g/mol. The number of hydrogen-bond acceptors (Lipinski definition) is 7. The molecule has 3 amide bonds. The molecular formula is C45H71N3O8. The molecule has 3 unspecified atom stereocenters. The van der Waals surface area contributed by atoms with E-state index in [0.717, 1.165) is 56.9 Å². The van der Waals surface area contributed by atoms with E-state index >= 15 is 0 Å². The van der Waals surface area contributed by atoms with E-state index in [1.165, 1.54) is 5.57 Å². The van der Waals surface area contributed by atoms with Crippen molar-refractivity contribution in [1.29, 1.82) is 0 Å². The van der Waals surface area contributed by atoms with Crippen molar-refractivity contribution in [3.63, 3.8) is 0 Å². The highest BCUT2D eigenvalue weighted by Gasteiger charge is 2.70. The van der Waals surface area contributed by atoms with Crippen LogP contribution in [0.25, 0.3) is 0 Å². The number of fused-ring (bicyclic) bond motifs is 7. The summed E-state index contributed by atoms with van der Waals surface area (Å²) in [5, 5.41) is 16.0. The second-order valence-corrected chi connectivity index (χ2v) is 22.0. The zero-order valence-corrected chi connectivity index (χ0v) is 36.4. The number of amides is 3. The molecule has 1 saturated heterocycles. The van der Waals surface area contributed by atoms with Gasteiger partial charge in [0, 0.05) is 24.9 Å². The molecule has 5 fully saturated rings. The minimum atomic E-state index is -1.18. The minimum Gasteiger partial charge on any atom is -0.481 e. The minimum absolute atomic E-state index is 0.00132. The van der Waals surface area contributed by atoms with Crippen molar-refractivity contribution < 1.29 is 38.6 Å². The number of nitrogens with one attached hydrogen (secondary N) is 2. The smallest absolute Gasteiger partial charge is 0.407 e. The highest BCUT2D eigenvalue weighted by atomic mass is 16.6. The number of rotatable bonds is 7. The van der Waals surface area contributed by atoms with E-state index in [2.05, 4.69) is 59.1 Å². The second kappa shape index (κ2) is 14.0. The Labute approximate surface area is 335 Å². The number of carboxylic acid groups (broad SMARTS) is 1. The van der Waals surface area contributed by atoms with Gasteiger partial charge in [0.25, 0.3) is 0 Å². The number of carbonyl (C=O) groups excluding carboxylic acids is 4. The fourth-order valence-electron chi connectivity index (χ4n) is 13.4. The van der Waals surface area contributed by atoms with Crippen molar-refractivity contribution >= 4 is 29.8 Å². The number of allylic oxidation sites excluding steroid dienone is 1. The number of ether oxygens (including phenoxy) is 2. The largest absolute Gasteiger partial charge is 0.481 e. The first-order chi connectivity index (χ1) is 25.7. The maximum atomic E-state index is 14.2. The molecule has 5 aliphatic carbocycles. The van der Waals surface area contributed by atoms with Crippen LogP contribution in [0.15, 0.2) is 11.1 Å².